The van der Waals surface area contributed by atoms with E-state index in [1.54, 1.807) is 24.1 Å². The highest BCUT2D eigenvalue weighted by Gasteiger charge is 2.27. The number of nitrogens with one attached hydrogen (secondary N) is 1. The maximum Gasteiger partial charge on any atom is 0.255 e. The number of H-pyrrole nitrogens is 1. The number of benzene rings is 3. The summed E-state index contributed by atoms with van der Waals surface area (Å²) < 4.78 is 5.30. The largest absolute Gasteiger partial charge is 0.497 e. The molecule has 0 aliphatic carbocycles. The molecule has 0 saturated carbocycles. The first-order valence-electron chi connectivity index (χ1n) is 9.32. The Morgan fingerprint density at radius 3 is 2.41 bits per heavy atom. The van der Waals surface area contributed by atoms with E-state index >= 15 is 0 Å². The molecule has 1 amide bonds. The van der Waals surface area contributed by atoms with Gasteiger partial charge in [-0.2, -0.15) is 0 Å². The second-order valence-corrected chi connectivity index (χ2v) is 7.27. The number of aromatic amines is 1. The van der Waals surface area contributed by atoms with Crippen LogP contribution in [0, 0.1) is 0 Å². The first-order chi connectivity index (χ1) is 14.1. The number of halogens is 1. The molecule has 1 unspecified atom stereocenters. The van der Waals surface area contributed by atoms with Gasteiger partial charge in [-0.1, -0.05) is 54.1 Å². The van der Waals surface area contributed by atoms with Crippen molar-refractivity contribution < 1.29 is 9.53 Å². The van der Waals surface area contributed by atoms with Gasteiger partial charge in [0.05, 0.1) is 23.7 Å². The highest BCUT2D eigenvalue weighted by atomic mass is 35.5. The number of methoxy groups -OCH3 is 1. The minimum atomic E-state index is -0.291. The van der Waals surface area contributed by atoms with Crippen LogP contribution in [-0.4, -0.2) is 29.9 Å². The van der Waals surface area contributed by atoms with E-state index in [9.17, 15) is 4.79 Å². The molecular formula is C24H21ClN2O2. The second kappa shape index (κ2) is 8.02. The van der Waals surface area contributed by atoms with Crippen LogP contribution >= 0.6 is 11.6 Å². The maximum absolute atomic E-state index is 13.3. The molecule has 0 fully saturated rings. The Morgan fingerprint density at radius 1 is 1.00 bits per heavy atom. The van der Waals surface area contributed by atoms with Gasteiger partial charge in [-0.25, -0.2) is 0 Å². The van der Waals surface area contributed by atoms with Crippen LogP contribution in [0.3, 0.4) is 0 Å². The lowest BCUT2D eigenvalue weighted by Gasteiger charge is -2.29. The normalized spacial score (nSPS) is 12.0. The van der Waals surface area contributed by atoms with E-state index in [-0.39, 0.29) is 11.9 Å². The third-order valence-electron chi connectivity index (χ3n) is 5.16. The molecule has 0 bridgehead atoms. The highest BCUT2D eigenvalue weighted by Crippen LogP contribution is 2.35. The summed E-state index contributed by atoms with van der Waals surface area (Å²) in [5.74, 6) is 0.633. The lowest BCUT2D eigenvalue weighted by atomic mass is 9.96. The van der Waals surface area contributed by atoms with Crippen LogP contribution in [0.5, 0.6) is 5.75 Å². The van der Waals surface area contributed by atoms with Crippen LogP contribution in [0.15, 0.2) is 79.0 Å². The van der Waals surface area contributed by atoms with Crippen LogP contribution in [0.4, 0.5) is 0 Å². The average Bonchev–Trinajstić information content (AvgIpc) is 3.18. The van der Waals surface area contributed by atoms with Gasteiger partial charge in [-0.3, -0.25) is 4.79 Å². The summed E-state index contributed by atoms with van der Waals surface area (Å²) in [6, 6.07) is 22.7. The van der Waals surface area contributed by atoms with E-state index in [4.69, 9.17) is 16.3 Å². The monoisotopic (exact) mass is 404 g/mol. The molecular weight excluding hydrogens is 384 g/mol. The minimum Gasteiger partial charge on any atom is -0.497 e. The minimum absolute atomic E-state index is 0.137. The summed E-state index contributed by atoms with van der Waals surface area (Å²) >= 11 is 6.30. The first kappa shape index (κ1) is 19.1. The van der Waals surface area contributed by atoms with Gasteiger partial charge in [0.2, 0.25) is 0 Å². The number of rotatable bonds is 5. The molecule has 0 saturated heterocycles. The van der Waals surface area contributed by atoms with Gasteiger partial charge in [-0.05, 0) is 35.9 Å². The van der Waals surface area contributed by atoms with Crippen molar-refractivity contribution in [2.24, 2.45) is 0 Å². The molecule has 29 heavy (non-hydrogen) atoms. The maximum atomic E-state index is 13.3. The van der Waals surface area contributed by atoms with Crippen molar-refractivity contribution in [2.45, 2.75) is 6.04 Å². The van der Waals surface area contributed by atoms with E-state index in [0.29, 0.717) is 10.6 Å². The summed E-state index contributed by atoms with van der Waals surface area (Å²) in [7, 11) is 3.45. The second-order valence-electron chi connectivity index (χ2n) is 6.86. The molecule has 1 atom stereocenters. The molecule has 146 valence electrons. The number of carbonyl (C=O) groups is 1. The summed E-state index contributed by atoms with van der Waals surface area (Å²) in [5.41, 5.74) is 3.52. The topological polar surface area (TPSA) is 45.3 Å². The number of carbonyl (C=O) groups excluding carboxylic acids is 1. The van der Waals surface area contributed by atoms with Gasteiger partial charge >= 0.3 is 0 Å². The fourth-order valence-corrected chi connectivity index (χ4v) is 3.88. The van der Waals surface area contributed by atoms with Gasteiger partial charge in [0.15, 0.2) is 0 Å². The van der Waals surface area contributed by atoms with Crippen molar-refractivity contribution in [3.05, 3.63) is 101 Å². The SMILES string of the molecule is COc1ccc(C(c2c[nH]c3ccccc23)N(C)C(=O)c2ccccc2Cl)cc1. The number of ether oxygens (including phenoxy) is 1. The predicted octanol–water partition coefficient (Wildman–Crippen LogP) is 5.69. The Morgan fingerprint density at radius 2 is 1.69 bits per heavy atom. The summed E-state index contributed by atoms with van der Waals surface area (Å²) in [5, 5.41) is 1.52. The number of aromatic nitrogens is 1. The molecule has 4 nitrogen and oxygen atoms in total. The van der Waals surface area contributed by atoms with Gasteiger partial charge < -0.3 is 14.6 Å². The first-order valence-corrected chi connectivity index (χ1v) is 9.69. The van der Waals surface area contributed by atoms with Crippen molar-refractivity contribution in [3.8, 4) is 5.75 Å². The van der Waals surface area contributed by atoms with Gasteiger partial charge in [0, 0.05) is 29.7 Å². The lowest BCUT2D eigenvalue weighted by molar-refractivity contribution is 0.0756. The Kier molecular flexibility index (Phi) is 5.28. The van der Waals surface area contributed by atoms with Crippen LogP contribution < -0.4 is 4.74 Å². The smallest absolute Gasteiger partial charge is 0.255 e. The van der Waals surface area contributed by atoms with Crippen LogP contribution in [0.25, 0.3) is 10.9 Å². The molecule has 0 aliphatic heterocycles. The van der Waals surface area contributed by atoms with Crippen molar-refractivity contribution in [1.29, 1.82) is 0 Å². The van der Waals surface area contributed by atoms with Crippen molar-refractivity contribution in [3.63, 3.8) is 0 Å². The standard InChI is InChI=1S/C24H21ClN2O2/c1-27(24(28)19-8-3-5-9-21(19)25)23(16-11-13-17(29-2)14-12-16)20-15-26-22-10-6-4-7-18(20)22/h3-15,23,26H,1-2H3. The van der Waals surface area contributed by atoms with Gasteiger partial charge in [0.25, 0.3) is 5.91 Å². The number of hydrogen-bond donors (Lipinski definition) is 1. The zero-order valence-corrected chi connectivity index (χ0v) is 17.0. The van der Waals surface area contributed by atoms with Crippen LogP contribution in [-0.2, 0) is 0 Å². The van der Waals surface area contributed by atoms with E-state index in [1.165, 1.54) is 0 Å². The zero-order chi connectivity index (χ0) is 20.4. The highest BCUT2D eigenvalue weighted by molar-refractivity contribution is 6.33. The third kappa shape index (κ3) is 3.59. The van der Waals surface area contributed by atoms with E-state index in [1.807, 2.05) is 67.8 Å². The molecule has 0 radical (unpaired) electrons. The quantitative estimate of drug-likeness (QED) is 0.464. The third-order valence-corrected chi connectivity index (χ3v) is 5.49. The molecule has 4 rings (SSSR count). The molecule has 1 N–H and O–H groups in total. The van der Waals surface area contributed by atoms with Crippen LogP contribution in [0.2, 0.25) is 5.02 Å². The Labute approximate surface area is 174 Å². The number of fused-ring (bicyclic) bond motifs is 1. The van der Waals surface area contributed by atoms with E-state index in [0.717, 1.165) is 27.8 Å². The molecule has 4 aromatic rings. The van der Waals surface area contributed by atoms with Crippen molar-refractivity contribution in [2.75, 3.05) is 14.2 Å². The molecule has 3 aromatic carbocycles. The van der Waals surface area contributed by atoms with Gasteiger partial charge in [0.1, 0.15) is 5.75 Å². The zero-order valence-electron chi connectivity index (χ0n) is 16.2. The molecule has 1 aromatic heterocycles. The van der Waals surface area contributed by atoms with Crippen LogP contribution in [0.1, 0.15) is 27.5 Å². The number of hydrogen-bond acceptors (Lipinski definition) is 2. The number of amides is 1. The van der Waals surface area contributed by atoms with Gasteiger partial charge in [-0.15, -0.1) is 0 Å². The van der Waals surface area contributed by atoms with E-state index in [2.05, 4.69) is 11.1 Å². The lowest BCUT2D eigenvalue weighted by Crippen LogP contribution is -2.32. The van der Waals surface area contributed by atoms with E-state index < -0.39 is 0 Å². The Balaban J connectivity index is 1.83. The number of para-hydroxylation sites is 1. The van der Waals surface area contributed by atoms with Crippen molar-refractivity contribution in [1.82, 2.24) is 9.88 Å². The predicted molar refractivity (Wildman–Crippen MR) is 117 cm³/mol. The summed E-state index contributed by atoms with van der Waals surface area (Å²) in [6.45, 7) is 0. The van der Waals surface area contributed by atoms with Crippen molar-refractivity contribution >= 4 is 28.4 Å². The fourth-order valence-electron chi connectivity index (χ4n) is 3.66. The summed E-state index contributed by atoms with van der Waals surface area (Å²) in [4.78, 5) is 18.4. The molecule has 1 heterocycles. The fraction of sp³-hybridized carbons (Fsp3) is 0.125. The average molecular weight is 405 g/mol. The number of nitrogens with zero attached hydrogens (tertiary/aromatic N) is 1. The molecule has 5 heteroatoms. The molecule has 0 aliphatic rings. The summed E-state index contributed by atoms with van der Waals surface area (Å²) in [6.07, 6.45) is 1.97. The Bertz CT molecular complexity index is 1150. The molecule has 0 spiro atoms. The Hall–Kier alpha value is -3.24.